The Kier molecular flexibility index (Phi) is 7.09. The number of alkyl halides is 7. The lowest BCUT2D eigenvalue weighted by Gasteiger charge is -2.27. The Morgan fingerprint density at radius 1 is 0.844 bits per heavy atom. The number of rotatable bonds is 7. The Morgan fingerprint density at radius 2 is 1.47 bits per heavy atom. The lowest BCUT2D eigenvalue weighted by molar-refractivity contribution is -0.361. The van der Waals surface area contributed by atoms with E-state index < -0.39 is 18.1 Å². The summed E-state index contributed by atoms with van der Waals surface area (Å²) in [6, 6.07) is 12.3. The van der Waals surface area contributed by atoms with Crippen LogP contribution >= 0.6 is 27.7 Å². The highest BCUT2D eigenvalue weighted by molar-refractivity contribution is 9.10. The maximum Gasteiger partial charge on any atom is 0.462 e. The molecule has 0 aromatic heterocycles. The second-order valence-electron chi connectivity index (χ2n) is 6.63. The van der Waals surface area contributed by atoms with Crippen LogP contribution in [0.4, 0.5) is 30.7 Å². The average Bonchev–Trinajstić information content (AvgIpc) is 2.73. The molecule has 3 aromatic rings. The predicted octanol–water partition coefficient (Wildman–Crippen LogP) is 7.61. The highest BCUT2D eigenvalue weighted by atomic mass is 79.9. The van der Waals surface area contributed by atoms with Gasteiger partial charge in [-0.1, -0.05) is 58.4 Å². The van der Waals surface area contributed by atoms with Crippen LogP contribution in [-0.2, 0) is 5.75 Å². The summed E-state index contributed by atoms with van der Waals surface area (Å²) in [5.41, 5.74) is 1.99. The summed E-state index contributed by atoms with van der Waals surface area (Å²) in [5.74, 6) is -5.63. The maximum atomic E-state index is 13.4. The molecule has 3 rings (SSSR count). The van der Waals surface area contributed by atoms with Crippen molar-refractivity contribution in [1.82, 2.24) is 5.43 Å². The van der Waals surface area contributed by atoms with Crippen molar-refractivity contribution in [2.45, 2.75) is 28.8 Å². The topological polar surface area (TPSA) is 24.4 Å². The number of nitrogens with zero attached hydrogens (tertiary/aromatic N) is 1. The predicted molar refractivity (Wildman–Crippen MR) is 114 cm³/mol. The summed E-state index contributed by atoms with van der Waals surface area (Å²) in [6.45, 7) is 0. The van der Waals surface area contributed by atoms with Crippen LogP contribution in [0.1, 0.15) is 11.1 Å². The van der Waals surface area contributed by atoms with Crippen molar-refractivity contribution in [3.63, 3.8) is 0 Å². The van der Waals surface area contributed by atoms with Gasteiger partial charge in [0.1, 0.15) is 0 Å². The zero-order chi connectivity index (χ0) is 23.6. The molecule has 1 N–H and O–H groups in total. The van der Waals surface area contributed by atoms with E-state index in [4.69, 9.17) is 0 Å². The van der Waals surface area contributed by atoms with Crippen LogP contribution in [0.15, 0.2) is 75.1 Å². The molecule has 0 aliphatic carbocycles. The van der Waals surface area contributed by atoms with E-state index in [1.54, 1.807) is 30.3 Å². The molecule has 0 radical (unpaired) electrons. The molecule has 0 atom stereocenters. The van der Waals surface area contributed by atoms with E-state index in [9.17, 15) is 30.7 Å². The fourth-order valence-corrected chi connectivity index (χ4v) is 3.98. The van der Waals surface area contributed by atoms with E-state index in [1.165, 1.54) is 17.8 Å². The van der Waals surface area contributed by atoms with Crippen LogP contribution in [-0.4, -0.2) is 24.4 Å². The molecule has 0 amide bonds. The zero-order valence-corrected chi connectivity index (χ0v) is 18.3. The highest BCUT2D eigenvalue weighted by Gasteiger charge is 2.73. The van der Waals surface area contributed by atoms with Gasteiger partial charge in [-0.3, -0.25) is 0 Å². The molecular weight excluding hydrogens is 525 g/mol. The first-order valence-electron chi connectivity index (χ1n) is 8.94. The highest BCUT2D eigenvalue weighted by Crippen LogP contribution is 2.45. The van der Waals surface area contributed by atoms with Crippen molar-refractivity contribution >= 4 is 44.7 Å². The Balaban J connectivity index is 1.81. The number of fused-ring (bicyclic) bond motifs is 1. The number of hydrazone groups is 1. The summed E-state index contributed by atoms with van der Waals surface area (Å²) in [5, 5.41) is 4.29. The Hall–Kier alpha value is -2.27. The first kappa shape index (κ1) is 24.4. The Labute approximate surface area is 191 Å². The molecular formula is C21H14BrF7N2S. The van der Waals surface area contributed by atoms with Crippen LogP contribution in [0.5, 0.6) is 0 Å². The van der Waals surface area contributed by atoms with E-state index >= 15 is 0 Å². The second kappa shape index (κ2) is 9.30. The number of thioether (sulfide) groups is 1. The molecule has 0 spiro atoms. The lowest BCUT2D eigenvalue weighted by Crippen LogP contribution is -2.58. The number of hydrogen-bond donors (Lipinski definition) is 1. The van der Waals surface area contributed by atoms with Crippen molar-refractivity contribution in [2.24, 2.45) is 5.10 Å². The van der Waals surface area contributed by atoms with Gasteiger partial charge < -0.3 is 0 Å². The average molecular weight is 539 g/mol. The van der Waals surface area contributed by atoms with Crippen LogP contribution in [0.25, 0.3) is 10.8 Å². The first-order chi connectivity index (χ1) is 14.9. The molecule has 3 aromatic carbocycles. The zero-order valence-electron chi connectivity index (χ0n) is 15.9. The van der Waals surface area contributed by atoms with Crippen molar-refractivity contribution < 1.29 is 30.7 Å². The van der Waals surface area contributed by atoms with Crippen molar-refractivity contribution in [3.8, 4) is 0 Å². The molecule has 0 saturated carbocycles. The minimum Gasteiger partial charge on any atom is -0.242 e. The van der Waals surface area contributed by atoms with Crippen LogP contribution < -0.4 is 5.43 Å². The normalized spacial score (nSPS) is 13.1. The minimum atomic E-state index is -6.43. The van der Waals surface area contributed by atoms with E-state index in [-0.39, 0.29) is 5.56 Å². The van der Waals surface area contributed by atoms with E-state index in [2.05, 4.69) is 21.0 Å². The molecule has 32 heavy (non-hydrogen) atoms. The fourth-order valence-electron chi connectivity index (χ4n) is 2.71. The van der Waals surface area contributed by atoms with Gasteiger partial charge in [0.25, 0.3) is 0 Å². The van der Waals surface area contributed by atoms with Crippen LogP contribution in [0, 0.1) is 0 Å². The second-order valence-corrected chi connectivity index (χ2v) is 8.56. The Morgan fingerprint density at radius 3 is 2.09 bits per heavy atom. The molecule has 0 heterocycles. The largest absolute Gasteiger partial charge is 0.462 e. The first-order valence-corrected chi connectivity index (χ1v) is 10.7. The van der Waals surface area contributed by atoms with Crippen LogP contribution in [0.2, 0.25) is 0 Å². The molecule has 0 saturated heterocycles. The van der Waals surface area contributed by atoms with Gasteiger partial charge >= 0.3 is 18.1 Å². The molecule has 0 bridgehead atoms. The molecule has 0 aliphatic rings. The van der Waals surface area contributed by atoms with Gasteiger partial charge in [-0.2, -0.15) is 35.8 Å². The van der Waals surface area contributed by atoms with Gasteiger partial charge in [-0.05, 0) is 34.5 Å². The van der Waals surface area contributed by atoms with E-state index in [0.29, 0.717) is 16.6 Å². The third kappa shape index (κ3) is 5.20. The Bertz CT molecular complexity index is 1120. The number of halogens is 8. The molecule has 170 valence electrons. The quantitative estimate of drug-likeness (QED) is 0.110. The smallest absolute Gasteiger partial charge is 0.242 e. The van der Waals surface area contributed by atoms with E-state index in [1.807, 2.05) is 24.3 Å². The molecule has 0 unspecified atom stereocenters. The van der Waals surface area contributed by atoms with Gasteiger partial charge in [-0.15, -0.1) is 11.8 Å². The van der Waals surface area contributed by atoms with Crippen molar-refractivity contribution in [2.75, 3.05) is 0 Å². The van der Waals surface area contributed by atoms with Gasteiger partial charge in [0.15, 0.2) is 0 Å². The minimum absolute atomic E-state index is 0.271. The summed E-state index contributed by atoms with van der Waals surface area (Å²) in [4.78, 5) is 0.877. The SMILES string of the molecule is FC(F)(F)C(F)(F)C(F)(F)N/N=C/c1ccc(SCc2ccc(Br)cc2)c2ccccc12. The van der Waals surface area contributed by atoms with Crippen molar-refractivity contribution in [1.29, 1.82) is 0 Å². The molecule has 11 heteroatoms. The summed E-state index contributed by atoms with van der Waals surface area (Å²) >= 11 is 4.90. The summed E-state index contributed by atoms with van der Waals surface area (Å²) in [7, 11) is 0. The van der Waals surface area contributed by atoms with Gasteiger partial charge in [0.2, 0.25) is 0 Å². The number of benzene rings is 3. The van der Waals surface area contributed by atoms with Gasteiger partial charge in [0.05, 0.1) is 6.21 Å². The van der Waals surface area contributed by atoms with Crippen LogP contribution in [0.3, 0.4) is 0 Å². The number of nitrogens with one attached hydrogen (secondary N) is 1. The fraction of sp³-hybridized carbons (Fsp3) is 0.190. The maximum absolute atomic E-state index is 13.4. The molecule has 0 fully saturated rings. The lowest BCUT2D eigenvalue weighted by atomic mass is 10.1. The number of hydrogen-bond acceptors (Lipinski definition) is 3. The summed E-state index contributed by atoms with van der Waals surface area (Å²) < 4.78 is 90.3. The van der Waals surface area contributed by atoms with Crippen molar-refractivity contribution in [3.05, 3.63) is 76.3 Å². The third-order valence-corrected chi connectivity index (χ3v) is 6.06. The van der Waals surface area contributed by atoms with Gasteiger partial charge in [0, 0.05) is 20.7 Å². The standard InChI is InChI=1S/C21H14BrF7N2S/c22-15-8-5-13(6-9-15)12-32-18-10-7-14(16-3-1-2-4-17(16)18)11-30-31-21(28,29)19(23,24)20(25,26)27/h1-11,31H,12H2/b30-11+. The molecule has 2 nitrogen and oxygen atoms in total. The van der Waals surface area contributed by atoms with Gasteiger partial charge in [-0.25, -0.2) is 5.43 Å². The third-order valence-electron chi connectivity index (χ3n) is 4.38. The molecule has 0 aliphatic heterocycles. The van der Waals surface area contributed by atoms with E-state index in [0.717, 1.165) is 26.5 Å². The summed E-state index contributed by atoms with van der Waals surface area (Å²) in [6.07, 6.45) is -5.65. The monoisotopic (exact) mass is 538 g/mol.